The lowest BCUT2D eigenvalue weighted by atomic mass is 10.1. The number of rotatable bonds is 9. The topological polar surface area (TPSA) is 36.7 Å². The van der Waals surface area contributed by atoms with Crippen LogP contribution in [0.2, 0.25) is 0 Å². The highest BCUT2D eigenvalue weighted by Crippen LogP contribution is 2.32. The Bertz CT molecular complexity index is 2110. The molecule has 1 aliphatic heterocycles. The molecular weight excluding hydrogens is 562 g/mol. The number of hydrogen-bond acceptors (Lipinski definition) is 4. The minimum absolute atomic E-state index is 0.0557. The molecule has 1 atom stereocenters. The van der Waals surface area contributed by atoms with Crippen molar-refractivity contribution in [2.45, 2.75) is 46.7 Å². The molecule has 0 N–H and O–H groups in total. The van der Waals surface area contributed by atoms with Crippen LogP contribution in [0.15, 0.2) is 114 Å². The number of aromatic nitrogens is 2. The Morgan fingerprint density at radius 3 is 2.24 bits per heavy atom. The first-order valence-corrected chi connectivity index (χ1v) is 16.5. The number of nitrogens with zero attached hydrogens (tertiary/aromatic N) is 5. The molecule has 2 aromatic heterocycles. The number of hydrazone groups is 1. The summed E-state index contributed by atoms with van der Waals surface area (Å²) in [4.78, 5) is 7.42. The zero-order chi connectivity index (χ0) is 31.6. The number of pyridine rings is 1. The third kappa shape index (κ3) is 5.58. The van der Waals surface area contributed by atoms with Gasteiger partial charge in [0.05, 0.1) is 17.3 Å². The molecule has 0 saturated heterocycles. The van der Waals surface area contributed by atoms with Crippen molar-refractivity contribution in [1.82, 2.24) is 9.55 Å². The van der Waals surface area contributed by atoms with Gasteiger partial charge in [-0.05, 0) is 92.9 Å². The summed E-state index contributed by atoms with van der Waals surface area (Å²) in [6.45, 7) is 11.7. The predicted molar refractivity (Wildman–Crippen MR) is 198 cm³/mol. The maximum absolute atomic E-state index is 5.14. The van der Waals surface area contributed by atoms with Crippen molar-refractivity contribution in [3.8, 4) is 0 Å². The molecule has 1 aliphatic rings. The Kier molecular flexibility index (Phi) is 8.15. The Morgan fingerprint density at radius 1 is 0.739 bits per heavy atom. The van der Waals surface area contributed by atoms with Crippen molar-refractivity contribution in [2.24, 2.45) is 5.10 Å². The number of allylic oxidation sites excluding steroid dienone is 1. The molecule has 0 saturated carbocycles. The van der Waals surface area contributed by atoms with Gasteiger partial charge in [-0.1, -0.05) is 72.8 Å². The van der Waals surface area contributed by atoms with Crippen molar-refractivity contribution in [3.63, 3.8) is 0 Å². The van der Waals surface area contributed by atoms with E-state index in [0.717, 1.165) is 43.1 Å². The van der Waals surface area contributed by atoms with Crippen molar-refractivity contribution in [3.05, 3.63) is 126 Å². The zero-order valence-corrected chi connectivity index (χ0v) is 27.2. The lowest BCUT2D eigenvalue weighted by Crippen LogP contribution is -2.25. The van der Waals surface area contributed by atoms with Crippen molar-refractivity contribution in [2.75, 3.05) is 23.0 Å². The van der Waals surface area contributed by atoms with Crippen LogP contribution >= 0.6 is 0 Å². The number of para-hydroxylation sites is 2. The highest BCUT2D eigenvalue weighted by atomic mass is 15.5. The summed E-state index contributed by atoms with van der Waals surface area (Å²) in [5.41, 5.74) is 9.41. The second kappa shape index (κ2) is 12.7. The molecular formula is C41H41N5. The standard InChI is InChI=1S/C41H41N5/c1-5-44(6-2)33-22-17-30(18-23-33)19-24-34-28-32(43-46(34)41-26-29(4)35-12-8-10-14-38(35)42-41)21-16-31-20-25-40-37(27-31)36-13-9-11-15-39(36)45(40)7-3/h8-27,34H,5-7,28H2,1-4H3. The fraction of sp³-hybridized carbons (Fsp3) is 0.220. The fourth-order valence-electron chi connectivity index (χ4n) is 6.79. The van der Waals surface area contributed by atoms with Gasteiger partial charge in [-0.3, -0.25) is 0 Å². The van der Waals surface area contributed by atoms with Crippen LogP contribution in [-0.4, -0.2) is 34.4 Å². The van der Waals surface area contributed by atoms with Crippen molar-refractivity contribution >= 4 is 62.1 Å². The first kappa shape index (κ1) is 29.5. The van der Waals surface area contributed by atoms with Crippen LogP contribution in [0.4, 0.5) is 11.5 Å². The largest absolute Gasteiger partial charge is 0.372 e. The van der Waals surface area contributed by atoms with Crippen LogP contribution < -0.4 is 9.91 Å². The molecule has 7 rings (SSSR count). The van der Waals surface area contributed by atoms with Crippen LogP contribution in [0.5, 0.6) is 0 Å². The Morgan fingerprint density at radius 2 is 1.46 bits per heavy atom. The van der Waals surface area contributed by atoms with E-state index in [0.29, 0.717) is 0 Å². The quantitative estimate of drug-likeness (QED) is 0.165. The van der Waals surface area contributed by atoms with Gasteiger partial charge in [0.15, 0.2) is 0 Å². The van der Waals surface area contributed by atoms with Gasteiger partial charge in [0, 0.05) is 58.9 Å². The highest BCUT2D eigenvalue weighted by molar-refractivity contribution is 6.09. The highest BCUT2D eigenvalue weighted by Gasteiger charge is 2.26. The van der Waals surface area contributed by atoms with E-state index < -0.39 is 0 Å². The van der Waals surface area contributed by atoms with Crippen LogP contribution in [-0.2, 0) is 6.54 Å². The number of anilines is 2. The molecule has 5 heteroatoms. The number of fused-ring (bicyclic) bond motifs is 4. The van der Waals surface area contributed by atoms with Gasteiger partial charge in [-0.15, -0.1) is 0 Å². The van der Waals surface area contributed by atoms with Crippen molar-refractivity contribution in [1.29, 1.82) is 0 Å². The van der Waals surface area contributed by atoms with E-state index in [-0.39, 0.29) is 6.04 Å². The van der Waals surface area contributed by atoms with E-state index in [1.807, 2.05) is 6.07 Å². The summed E-state index contributed by atoms with van der Waals surface area (Å²) < 4.78 is 2.39. The summed E-state index contributed by atoms with van der Waals surface area (Å²) in [6.07, 6.45) is 9.67. The first-order valence-electron chi connectivity index (χ1n) is 16.5. The Hall–Kier alpha value is -5.16. The van der Waals surface area contributed by atoms with Crippen LogP contribution in [0.1, 0.15) is 43.9 Å². The normalized spacial score (nSPS) is 15.3. The SMILES string of the molecule is CCN(CC)c1ccc(C=CC2CC(C=Cc3ccc4c(c3)c3ccccc3n4CC)=NN2c2cc(C)c3ccccc3n2)cc1. The molecule has 0 bridgehead atoms. The minimum Gasteiger partial charge on any atom is -0.372 e. The maximum atomic E-state index is 5.14. The van der Waals surface area contributed by atoms with Gasteiger partial charge < -0.3 is 9.47 Å². The molecule has 0 aliphatic carbocycles. The monoisotopic (exact) mass is 603 g/mol. The van der Waals surface area contributed by atoms with E-state index in [4.69, 9.17) is 10.1 Å². The second-order valence-corrected chi connectivity index (χ2v) is 12.0. The summed E-state index contributed by atoms with van der Waals surface area (Å²) in [7, 11) is 0. The van der Waals surface area contributed by atoms with E-state index in [1.54, 1.807) is 0 Å². The first-order chi connectivity index (χ1) is 22.6. The molecule has 4 aromatic carbocycles. The van der Waals surface area contributed by atoms with E-state index in [9.17, 15) is 0 Å². The molecule has 0 radical (unpaired) electrons. The van der Waals surface area contributed by atoms with Crippen molar-refractivity contribution < 1.29 is 0 Å². The van der Waals surface area contributed by atoms with E-state index in [2.05, 4.69) is 157 Å². The summed E-state index contributed by atoms with van der Waals surface area (Å²) in [5, 5.41) is 11.0. The molecule has 0 amide bonds. The average Bonchev–Trinajstić information content (AvgIpc) is 3.66. The number of hydrogen-bond donors (Lipinski definition) is 0. The Labute approximate surface area is 271 Å². The molecule has 1 unspecified atom stereocenters. The summed E-state index contributed by atoms with van der Waals surface area (Å²) in [5.74, 6) is 0.875. The average molecular weight is 604 g/mol. The molecule has 6 aromatic rings. The van der Waals surface area contributed by atoms with Gasteiger partial charge in [-0.25, -0.2) is 9.99 Å². The molecule has 0 fully saturated rings. The van der Waals surface area contributed by atoms with Gasteiger partial charge in [0.1, 0.15) is 5.82 Å². The summed E-state index contributed by atoms with van der Waals surface area (Å²) >= 11 is 0. The molecule has 230 valence electrons. The Balaban J connectivity index is 1.21. The molecule has 5 nitrogen and oxygen atoms in total. The molecule has 3 heterocycles. The van der Waals surface area contributed by atoms with Crippen LogP contribution in [0, 0.1) is 6.92 Å². The zero-order valence-electron chi connectivity index (χ0n) is 27.2. The number of aryl methyl sites for hydroxylation is 2. The minimum atomic E-state index is 0.0557. The van der Waals surface area contributed by atoms with E-state index in [1.165, 1.54) is 49.6 Å². The third-order valence-corrected chi connectivity index (χ3v) is 9.23. The van der Waals surface area contributed by atoms with Crippen LogP contribution in [0.25, 0.3) is 44.9 Å². The third-order valence-electron chi connectivity index (χ3n) is 9.23. The summed E-state index contributed by atoms with van der Waals surface area (Å²) in [6, 6.07) is 34.9. The van der Waals surface area contributed by atoms with Gasteiger partial charge in [0.25, 0.3) is 0 Å². The fourth-order valence-corrected chi connectivity index (χ4v) is 6.79. The van der Waals surface area contributed by atoms with Gasteiger partial charge in [-0.2, -0.15) is 5.10 Å². The van der Waals surface area contributed by atoms with Gasteiger partial charge >= 0.3 is 0 Å². The second-order valence-electron chi connectivity index (χ2n) is 12.0. The molecule has 46 heavy (non-hydrogen) atoms. The lowest BCUT2D eigenvalue weighted by molar-refractivity contribution is 0.778. The molecule has 0 spiro atoms. The van der Waals surface area contributed by atoms with E-state index >= 15 is 0 Å². The lowest BCUT2D eigenvalue weighted by Gasteiger charge is -2.21. The van der Waals surface area contributed by atoms with Gasteiger partial charge in [0.2, 0.25) is 0 Å². The van der Waals surface area contributed by atoms with Crippen LogP contribution in [0.3, 0.4) is 0 Å². The number of benzene rings is 4. The smallest absolute Gasteiger partial charge is 0.150 e. The predicted octanol–water partition coefficient (Wildman–Crippen LogP) is 9.88. The maximum Gasteiger partial charge on any atom is 0.150 e.